The number of alkyl halides is 1. The van der Waals surface area contributed by atoms with Gasteiger partial charge in [-0.2, -0.15) is 0 Å². The summed E-state index contributed by atoms with van der Waals surface area (Å²) in [5, 5.41) is 9.96. The largest absolute Gasteiger partial charge is 0.480 e. The van der Waals surface area contributed by atoms with Gasteiger partial charge in [0.05, 0.1) is 0 Å². The fraction of sp³-hybridized carbons (Fsp3) is 0.818. The van der Waals surface area contributed by atoms with Crippen molar-refractivity contribution in [1.82, 2.24) is 4.90 Å². The monoisotopic (exact) mass is 291 g/mol. The zero-order valence-electron chi connectivity index (χ0n) is 9.65. The third-order valence-corrected chi connectivity index (χ3v) is 4.14. The number of hydrogen-bond acceptors (Lipinski definition) is 2. The van der Waals surface area contributed by atoms with Gasteiger partial charge in [0.15, 0.2) is 0 Å². The second-order valence-corrected chi connectivity index (χ2v) is 5.09. The maximum absolute atomic E-state index is 11.8. The molecule has 3 atom stereocenters. The predicted octanol–water partition coefficient (Wildman–Crippen LogP) is 1.73. The fourth-order valence-corrected chi connectivity index (χ4v) is 2.52. The maximum Gasteiger partial charge on any atom is 0.326 e. The van der Waals surface area contributed by atoms with Crippen LogP contribution >= 0.6 is 15.9 Å². The van der Waals surface area contributed by atoms with E-state index in [2.05, 4.69) is 15.9 Å². The summed E-state index contributed by atoms with van der Waals surface area (Å²) < 4.78 is 0. The van der Waals surface area contributed by atoms with Crippen molar-refractivity contribution in [3.63, 3.8) is 0 Å². The van der Waals surface area contributed by atoms with Crippen LogP contribution in [-0.4, -0.2) is 39.8 Å². The maximum atomic E-state index is 11.8. The van der Waals surface area contributed by atoms with Crippen molar-refractivity contribution < 1.29 is 14.7 Å². The van der Waals surface area contributed by atoms with E-state index < -0.39 is 12.0 Å². The molecule has 1 rings (SSSR count). The van der Waals surface area contributed by atoms with Crippen LogP contribution in [0.5, 0.6) is 0 Å². The van der Waals surface area contributed by atoms with E-state index in [1.165, 1.54) is 4.90 Å². The number of amides is 1. The standard InChI is InChI=1S/C11H18BrNO3/c1-3-7(2)10(11(15)16)13-6-8(5-12)4-9(13)14/h7-8,10H,3-6H2,1-2H3,(H,15,16)/t7-,8?,10-/m0/s1. The van der Waals surface area contributed by atoms with Crippen LogP contribution < -0.4 is 0 Å². The number of likely N-dealkylation sites (tertiary alicyclic amines) is 1. The topological polar surface area (TPSA) is 57.6 Å². The van der Waals surface area contributed by atoms with Crippen molar-refractivity contribution in [3.05, 3.63) is 0 Å². The first kappa shape index (κ1) is 13.5. The van der Waals surface area contributed by atoms with Crippen LogP contribution in [0.25, 0.3) is 0 Å². The molecule has 0 radical (unpaired) electrons. The van der Waals surface area contributed by atoms with Crippen LogP contribution in [-0.2, 0) is 9.59 Å². The average molecular weight is 292 g/mol. The Morgan fingerprint density at radius 2 is 2.31 bits per heavy atom. The van der Waals surface area contributed by atoms with E-state index in [0.717, 1.165) is 11.8 Å². The number of rotatable bonds is 5. The first-order valence-corrected chi connectivity index (χ1v) is 6.71. The molecule has 0 aliphatic carbocycles. The van der Waals surface area contributed by atoms with Crippen molar-refractivity contribution in [2.45, 2.75) is 32.7 Å². The van der Waals surface area contributed by atoms with Crippen molar-refractivity contribution >= 4 is 27.8 Å². The first-order chi connectivity index (χ1) is 7.51. The number of hydrogen-bond donors (Lipinski definition) is 1. The van der Waals surface area contributed by atoms with Gasteiger partial charge in [-0.15, -0.1) is 0 Å². The Labute approximate surface area is 104 Å². The van der Waals surface area contributed by atoms with E-state index >= 15 is 0 Å². The molecule has 92 valence electrons. The number of aliphatic carboxylic acids is 1. The molecular formula is C11H18BrNO3. The molecule has 4 nitrogen and oxygen atoms in total. The highest BCUT2D eigenvalue weighted by atomic mass is 79.9. The van der Waals surface area contributed by atoms with Crippen LogP contribution in [0, 0.1) is 11.8 Å². The molecule has 1 saturated heterocycles. The third kappa shape index (κ3) is 2.75. The van der Waals surface area contributed by atoms with Gasteiger partial charge in [0, 0.05) is 18.3 Å². The normalized spacial score (nSPS) is 24.6. The molecule has 0 spiro atoms. The summed E-state index contributed by atoms with van der Waals surface area (Å²) in [4.78, 5) is 24.5. The Hall–Kier alpha value is -0.580. The van der Waals surface area contributed by atoms with E-state index in [4.69, 9.17) is 0 Å². The van der Waals surface area contributed by atoms with Gasteiger partial charge in [-0.25, -0.2) is 4.79 Å². The van der Waals surface area contributed by atoms with E-state index in [0.29, 0.717) is 13.0 Å². The molecule has 1 N–H and O–H groups in total. The smallest absolute Gasteiger partial charge is 0.326 e. The molecular weight excluding hydrogens is 274 g/mol. The Kier molecular flexibility index (Phi) is 4.77. The molecule has 1 aliphatic heterocycles. The van der Waals surface area contributed by atoms with Crippen LogP contribution in [0.4, 0.5) is 0 Å². The SMILES string of the molecule is CC[C@H](C)[C@@H](C(=O)O)N1CC(CBr)CC1=O. The van der Waals surface area contributed by atoms with Crippen molar-refractivity contribution in [3.8, 4) is 0 Å². The molecule has 1 amide bonds. The van der Waals surface area contributed by atoms with Gasteiger partial charge in [-0.3, -0.25) is 4.79 Å². The van der Waals surface area contributed by atoms with E-state index in [1.54, 1.807) is 0 Å². The molecule has 0 aromatic carbocycles. The number of nitrogens with zero attached hydrogens (tertiary/aromatic N) is 1. The van der Waals surface area contributed by atoms with Gasteiger partial charge in [-0.05, 0) is 11.8 Å². The van der Waals surface area contributed by atoms with Gasteiger partial charge in [-0.1, -0.05) is 36.2 Å². The van der Waals surface area contributed by atoms with Crippen LogP contribution in [0.3, 0.4) is 0 Å². The molecule has 1 fully saturated rings. The van der Waals surface area contributed by atoms with E-state index in [9.17, 15) is 14.7 Å². The highest BCUT2D eigenvalue weighted by Crippen LogP contribution is 2.26. The van der Waals surface area contributed by atoms with Gasteiger partial charge in [0.25, 0.3) is 0 Å². The third-order valence-electron chi connectivity index (χ3n) is 3.23. The highest BCUT2D eigenvalue weighted by Gasteiger charge is 2.39. The molecule has 0 aromatic heterocycles. The van der Waals surface area contributed by atoms with E-state index in [-0.39, 0.29) is 17.7 Å². The zero-order chi connectivity index (χ0) is 12.3. The zero-order valence-corrected chi connectivity index (χ0v) is 11.2. The lowest BCUT2D eigenvalue weighted by molar-refractivity contribution is -0.150. The molecule has 5 heteroatoms. The van der Waals surface area contributed by atoms with E-state index in [1.807, 2.05) is 13.8 Å². The lowest BCUT2D eigenvalue weighted by Gasteiger charge is -2.29. The summed E-state index contributed by atoms with van der Waals surface area (Å²) in [5.41, 5.74) is 0. The summed E-state index contributed by atoms with van der Waals surface area (Å²) in [6.45, 7) is 4.39. The minimum absolute atomic E-state index is 0.00414. The van der Waals surface area contributed by atoms with Crippen LogP contribution in [0.15, 0.2) is 0 Å². The molecule has 1 heterocycles. The van der Waals surface area contributed by atoms with Gasteiger partial charge in [0.2, 0.25) is 5.91 Å². The van der Waals surface area contributed by atoms with Gasteiger partial charge >= 0.3 is 5.97 Å². The van der Waals surface area contributed by atoms with Gasteiger partial charge in [0.1, 0.15) is 6.04 Å². The number of carboxylic acid groups (broad SMARTS) is 1. The minimum Gasteiger partial charge on any atom is -0.480 e. The Morgan fingerprint density at radius 1 is 1.69 bits per heavy atom. The number of carboxylic acids is 1. The lowest BCUT2D eigenvalue weighted by atomic mass is 9.98. The molecule has 0 saturated carbocycles. The number of carbonyl (C=O) groups is 2. The second-order valence-electron chi connectivity index (χ2n) is 4.44. The Morgan fingerprint density at radius 3 is 2.69 bits per heavy atom. The lowest BCUT2D eigenvalue weighted by Crippen LogP contribution is -2.46. The van der Waals surface area contributed by atoms with Crippen LogP contribution in [0.2, 0.25) is 0 Å². The quantitative estimate of drug-likeness (QED) is 0.785. The molecule has 1 aliphatic rings. The van der Waals surface area contributed by atoms with Gasteiger partial charge < -0.3 is 10.0 Å². The average Bonchev–Trinajstić information content (AvgIpc) is 2.59. The minimum atomic E-state index is -0.891. The molecule has 1 unspecified atom stereocenters. The number of halogens is 1. The molecule has 0 bridgehead atoms. The fourth-order valence-electron chi connectivity index (χ4n) is 2.09. The highest BCUT2D eigenvalue weighted by molar-refractivity contribution is 9.09. The van der Waals surface area contributed by atoms with Crippen molar-refractivity contribution in [2.75, 3.05) is 11.9 Å². The summed E-state index contributed by atoms with van der Waals surface area (Å²) >= 11 is 3.35. The first-order valence-electron chi connectivity index (χ1n) is 5.59. The summed E-state index contributed by atoms with van der Waals surface area (Å²) in [5.74, 6) is -0.677. The summed E-state index contributed by atoms with van der Waals surface area (Å²) in [6.07, 6.45) is 1.23. The Bertz CT molecular complexity index is 282. The van der Waals surface area contributed by atoms with Crippen LogP contribution in [0.1, 0.15) is 26.7 Å². The summed E-state index contributed by atoms with van der Waals surface area (Å²) in [7, 11) is 0. The Balaban J connectivity index is 2.80. The van der Waals surface area contributed by atoms with Crippen molar-refractivity contribution in [1.29, 1.82) is 0 Å². The molecule has 16 heavy (non-hydrogen) atoms. The predicted molar refractivity (Wildman–Crippen MR) is 64.5 cm³/mol. The molecule has 0 aromatic rings. The second kappa shape index (κ2) is 5.66. The van der Waals surface area contributed by atoms with Crippen molar-refractivity contribution in [2.24, 2.45) is 11.8 Å². The number of carbonyl (C=O) groups excluding carboxylic acids is 1. The summed E-state index contributed by atoms with van der Waals surface area (Å²) in [6, 6.07) is -0.665.